The summed E-state index contributed by atoms with van der Waals surface area (Å²) in [5, 5.41) is 0.599. The van der Waals surface area contributed by atoms with E-state index in [1.807, 2.05) is 0 Å². The fourth-order valence-corrected chi connectivity index (χ4v) is 5.04. The SMILES string of the molecule is CCC([SiH2]C(C)(C)C)C(C)N(CC)CC. The van der Waals surface area contributed by atoms with E-state index in [0.29, 0.717) is 5.04 Å². The second-order valence-corrected chi connectivity index (χ2v) is 9.47. The van der Waals surface area contributed by atoms with E-state index < -0.39 is 0 Å². The summed E-state index contributed by atoms with van der Waals surface area (Å²) >= 11 is 0. The monoisotopic (exact) mass is 229 g/mol. The Morgan fingerprint density at radius 1 is 1.07 bits per heavy atom. The van der Waals surface area contributed by atoms with Crippen LogP contribution in [0.3, 0.4) is 0 Å². The number of rotatable bonds is 6. The molecule has 0 aromatic carbocycles. The lowest BCUT2D eigenvalue weighted by Gasteiger charge is -2.35. The van der Waals surface area contributed by atoms with Gasteiger partial charge < -0.3 is 4.90 Å². The predicted molar refractivity (Wildman–Crippen MR) is 74.7 cm³/mol. The summed E-state index contributed by atoms with van der Waals surface area (Å²) in [4.78, 5) is 2.62. The van der Waals surface area contributed by atoms with Crippen molar-refractivity contribution in [2.75, 3.05) is 13.1 Å². The standard InChI is InChI=1S/C13H31NSi/c1-8-12(15-13(5,6)7)11(4)14(9-2)10-3/h11-12H,8-10,15H2,1-7H3. The van der Waals surface area contributed by atoms with Crippen LogP contribution in [0, 0.1) is 0 Å². The molecule has 0 aliphatic carbocycles. The first-order valence-corrected chi connectivity index (χ1v) is 8.12. The fraction of sp³-hybridized carbons (Fsp3) is 1.00. The highest BCUT2D eigenvalue weighted by molar-refractivity contribution is 6.41. The van der Waals surface area contributed by atoms with Crippen LogP contribution in [-0.2, 0) is 0 Å². The molecular formula is C13H31NSi. The molecule has 0 radical (unpaired) electrons. The molecule has 2 heteroatoms. The second-order valence-electron chi connectivity index (χ2n) is 5.89. The molecule has 92 valence electrons. The molecule has 0 N–H and O–H groups in total. The summed E-state index contributed by atoms with van der Waals surface area (Å²) in [5.41, 5.74) is 0.977. The Hall–Kier alpha value is 0.177. The van der Waals surface area contributed by atoms with E-state index >= 15 is 0 Å². The van der Waals surface area contributed by atoms with Crippen LogP contribution in [0.1, 0.15) is 54.9 Å². The molecule has 1 nitrogen and oxygen atoms in total. The van der Waals surface area contributed by atoms with Gasteiger partial charge in [0.25, 0.3) is 0 Å². The quantitative estimate of drug-likeness (QED) is 0.632. The van der Waals surface area contributed by atoms with Crippen molar-refractivity contribution >= 4 is 9.52 Å². The number of hydrogen-bond acceptors (Lipinski definition) is 1. The normalized spacial score (nSPS) is 17.6. The van der Waals surface area contributed by atoms with Gasteiger partial charge >= 0.3 is 0 Å². The first-order chi connectivity index (χ1) is 6.85. The van der Waals surface area contributed by atoms with Crippen molar-refractivity contribution in [3.05, 3.63) is 0 Å². The molecule has 0 heterocycles. The minimum Gasteiger partial charge on any atom is -0.301 e. The van der Waals surface area contributed by atoms with Crippen molar-refractivity contribution < 1.29 is 0 Å². The Labute approximate surface area is 99.5 Å². The highest BCUT2D eigenvalue weighted by Crippen LogP contribution is 2.31. The average Bonchev–Trinajstić information content (AvgIpc) is 2.14. The van der Waals surface area contributed by atoms with Crippen molar-refractivity contribution in [2.24, 2.45) is 0 Å². The maximum Gasteiger partial charge on any atom is 0.0311 e. The first-order valence-electron chi connectivity index (χ1n) is 6.59. The van der Waals surface area contributed by atoms with Gasteiger partial charge in [0.15, 0.2) is 0 Å². The van der Waals surface area contributed by atoms with Gasteiger partial charge in [-0.15, -0.1) is 0 Å². The van der Waals surface area contributed by atoms with Crippen LogP contribution in [0.2, 0.25) is 10.6 Å². The number of hydrogen-bond donors (Lipinski definition) is 0. The van der Waals surface area contributed by atoms with Gasteiger partial charge in [-0.2, -0.15) is 0 Å². The molecule has 0 aromatic heterocycles. The molecular weight excluding hydrogens is 198 g/mol. The summed E-state index contributed by atoms with van der Waals surface area (Å²) in [6.07, 6.45) is 1.36. The molecule has 0 aromatic rings. The molecule has 0 bridgehead atoms. The molecule has 2 unspecified atom stereocenters. The third-order valence-electron chi connectivity index (χ3n) is 3.47. The molecule has 2 atom stereocenters. The lowest BCUT2D eigenvalue weighted by Crippen LogP contribution is -2.39. The lowest BCUT2D eigenvalue weighted by molar-refractivity contribution is 0.218. The van der Waals surface area contributed by atoms with Crippen molar-refractivity contribution in [3.63, 3.8) is 0 Å². The van der Waals surface area contributed by atoms with Crippen LogP contribution in [0.5, 0.6) is 0 Å². The van der Waals surface area contributed by atoms with E-state index in [9.17, 15) is 0 Å². The summed E-state index contributed by atoms with van der Waals surface area (Å²) in [7, 11) is 0.0130. The first kappa shape index (κ1) is 15.2. The summed E-state index contributed by atoms with van der Waals surface area (Å²) in [5.74, 6) is 0. The molecule has 0 saturated heterocycles. The smallest absolute Gasteiger partial charge is 0.0311 e. The summed E-state index contributed by atoms with van der Waals surface area (Å²) in [6.45, 7) is 19.0. The van der Waals surface area contributed by atoms with Crippen molar-refractivity contribution in [3.8, 4) is 0 Å². The molecule has 0 aliphatic rings. The van der Waals surface area contributed by atoms with Crippen LogP contribution in [0.25, 0.3) is 0 Å². The van der Waals surface area contributed by atoms with Gasteiger partial charge in [-0.25, -0.2) is 0 Å². The largest absolute Gasteiger partial charge is 0.301 e. The molecule has 0 amide bonds. The van der Waals surface area contributed by atoms with E-state index in [2.05, 4.69) is 53.4 Å². The highest BCUT2D eigenvalue weighted by atomic mass is 28.2. The zero-order valence-electron chi connectivity index (χ0n) is 11.9. The molecule has 0 fully saturated rings. The zero-order valence-corrected chi connectivity index (χ0v) is 13.3. The molecule has 0 spiro atoms. The van der Waals surface area contributed by atoms with E-state index in [1.165, 1.54) is 19.5 Å². The van der Waals surface area contributed by atoms with E-state index in [4.69, 9.17) is 0 Å². The zero-order chi connectivity index (χ0) is 12.1. The second kappa shape index (κ2) is 6.69. The Balaban J connectivity index is 4.38. The van der Waals surface area contributed by atoms with Gasteiger partial charge in [0, 0.05) is 15.6 Å². The fourth-order valence-electron chi connectivity index (χ4n) is 2.54. The van der Waals surface area contributed by atoms with E-state index in [1.54, 1.807) is 0 Å². The Morgan fingerprint density at radius 2 is 1.53 bits per heavy atom. The van der Waals surface area contributed by atoms with E-state index in [0.717, 1.165) is 11.6 Å². The Morgan fingerprint density at radius 3 is 1.80 bits per heavy atom. The third-order valence-corrected chi connectivity index (χ3v) is 6.48. The van der Waals surface area contributed by atoms with Crippen molar-refractivity contribution in [1.82, 2.24) is 4.90 Å². The maximum atomic E-state index is 2.62. The van der Waals surface area contributed by atoms with Gasteiger partial charge in [-0.05, 0) is 30.6 Å². The Bertz CT molecular complexity index is 158. The van der Waals surface area contributed by atoms with Gasteiger partial charge in [-0.3, -0.25) is 0 Å². The lowest BCUT2D eigenvalue weighted by atomic mass is 10.1. The number of nitrogens with zero attached hydrogens (tertiary/aromatic N) is 1. The van der Waals surface area contributed by atoms with Gasteiger partial charge in [0.1, 0.15) is 0 Å². The van der Waals surface area contributed by atoms with Crippen LogP contribution in [0.4, 0.5) is 0 Å². The maximum absolute atomic E-state index is 2.62. The molecule has 0 aliphatic heterocycles. The molecule has 15 heavy (non-hydrogen) atoms. The molecule has 0 saturated carbocycles. The van der Waals surface area contributed by atoms with Crippen molar-refractivity contribution in [1.29, 1.82) is 0 Å². The molecule has 0 rings (SSSR count). The van der Waals surface area contributed by atoms with Crippen LogP contribution in [0.15, 0.2) is 0 Å². The van der Waals surface area contributed by atoms with Crippen LogP contribution in [-0.4, -0.2) is 33.6 Å². The summed E-state index contributed by atoms with van der Waals surface area (Å²) in [6, 6.07) is 0.788. The van der Waals surface area contributed by atoms with Gasteiger partial charge in [0.05, 0.1) is 0 Å². The van der Waals surface area contributed by atoms with E-state index in [-0.39, 0.29) is 9.52 Å². The predicted octanol–water partition coefficient (Wildman–Crippen LogP) is 3.30. The third kappa shape index (κ3) is 5.72. The summed E-state index contributed by atoms with van der Waals surface area (Å²) < 4.78 is 0. The minimum atomic E-state index is 0.0130. The average molecular weight is 229 g/mol. The van der Waals surface area contributed by atoms with Crippen LogP contribution < -0.4 is 0 Å². The highest BCUT2D eigenvalue weighted by Gasteiger charge is 2.25. The van der Waals surface area contributed by atoms with Crippen LogP contribution >= 0.6 is 0 Å². The van der Waals surface area contributed by atoms with Gasteiger partial charge in [-0.1, -0.05) is 48.0 Å². The minimum absolute atomic E-state index is 0.0130. The van der Waals surface area contributed by atoms with Gasteiger partial charge in [0.2, 0.25) is 0 Å². The topological polar surface area (TPSA) is 3.24 Å². The Kier molecular flexibility index (Phi) is 6.77. The van der Waals surface area contributed by atoms with Crippen molar-refractivity contribution in [2.45, 2.75) is 71.5 Å².